The summed E-state index contributed by atoms with van der Waals surface area (Å²) in [5.74, 6) is -0.992. The molecular weight excluding hydrogens is 276 g/mol. The van der Waals surface area contributed by atoms with Crippen LogP contribution in [-0.4, -0.2) is 16.4 Å². The van der Waals surface area contributed by atoms with E-state index in [4.69, 9.17) is 9.84 Å². The average Bonchev–Trinajstić information content (AvgIpc) is 2.47. The van der Waals surface area contributed by atoms with Crippen LogP contribution in [0.3, 0.4) is 0 Å². The number of carboxylic acids is 1. The highest BCUT2D eigenvalue weighted by atomic mass is 32.2. The largest absolute Gasteiger partial charge is 0.478 e. The summed E-state index contributed by atoms with van der Waals surface area (Å²) in [6.45, 7) is 0.222. The Bertz CT molecular complexity index is 593. The van der Waals surface area contributed by atoms with Crippen molar-refractivity contribution in [2.45, 2.75) is 11.5 Å². The zero-order chi connectivity index (χ0) is 14.4. The van der Waals surface area contributed by atoms with E-state index >= 15 is 0 Å². The van der Waals surface area contributed by atoms with Crippen molar-refractivity contribution in [3.05, 3.63) is 65.7 Å². The van der Waals surface area contributed by atoms with E-state index < -0.39 is 11.3 Å². The molecule has 1 N–H and O–H groups in total. The van der Waals surface area contributed by atoms with Crippen molar-refractivity contribution in [2.75, 3.05) is 0 Å². The predicted molar refractivity (Wildman–Crippen MR) is 75.9 cm³/mol. The van der Waals surface area contributed by atoms with Gasteiger partial charge in [-0.25, -0.2) is 9.59 Å². The van der Waals surface area contributed by atoms with Crippen LogP contribution < -0.4 is 0 Å². The van der Waals surface area contributed by atoms with E-state index in [2.05, 4.69) is 0 Å². The number of benzene rings is 2. The molecule has 102 valence electrons. The van der Waals surface area contributed by atoms with Gasteiger partial charge in [0, 0.05) is 4.90 Å². The van der Waals surface area contributed by atoms with Crippen molar-refractivity contribution in [1.29, 1.82) is 0 Å². The van der Waals surface area contributed by atoms with Gasteiger partial charge >= 0.3 is 11.3 Å². The van der Waals surface area contributed by atoms with E-state index in [-0.39, 0.29) is 12.2 Å². The summed E-state index contributed by atoms with van der Waals surface area (Å²) in [6, 6.07) is 15.5. The number of hydrogen-bond acceptors (Lipinski definition) is 4. The van der Waals surface area contributed by atoms with Crippen LogP contribution in [0, 0.1) is 0 Å². The van der Waals surface area contributed by atoms with Gasteiger partial charge in [0.25, 0.3) is 0 Å². The fraction of sp³-hybridized carbons (Fsp3) is 0.0667. The van der Waals surface area contributed by atoms with Crippen LogP contribution in [0.4, 0.5) is 4.79 Å². The molecule has 0 radical (unpaired) electrons. The zero-order valence-electron chi connectivity index (χ0n) is 10.5. The maximum absolute atomic E-state index is 11.6. The molecule has 0 aliphatic heterocycles. The van der Waals surface area contributed by atoms with Crippen LogP contribution in [0.15, 0.2) is 59.5 Å². The molecule has 0 aliphatic rings. The lowest BCUT2D eigenvalue weighted by Crippen LogP contribution is -1.98. The third kappa shape index (κ3) is 4.13. The van der Waals surface area contributed by atoms with E-state index in [1.807, 2.05) is 30.3 Å². The number of ether oxygens (including phenoxy) is 1. The van der Waals surface area contributed by atoms with Gasteiger partial charge in [-0.15, -0.1) is 0 Å². The first kappa shape index (κ1) is 14.1. The van der Waals surface area contributed by atoms with Crippen molar-refractivity contribution >= 4 is 23.0 Å². The molecular formula is C15H12O4S. The van der Waals surface area contributed by atoms with Crippen LogP contribution in [-0.2, 0) is 11.3 Å². The summed E-state index contributed by atoms with van der Waals surface area (Å²) < 4.78 is 5.12. The van der Waals surface area contributed by atoms with Gasteiger partial charge in [0.05, 0.1) is 5.56 Å². The summed E-state index contributed by atoms with van der Waals surface area (Å²) in [4.78, 5) is 23.0. The molecule has 4 nitrogen and oxygen atoms in total. The molecule has 0 aromatic heterocycles. The molecule has 0 saturated carbocycles. The minimum Gasteiger partial charge on any atom is -0.478 e. The molecule has 0 aliphatic carbocycles. The maximum Gasteiger partial charge on any atom is 0.372 e. The molecule has 2 rings (SSSR count). The highest BCUT2D eigenvalue weighted by Crippen LogP contribution is 2.21. The first-order valence-electron chi connectivity index (χ1n) is 5.87. The quantitative estimate of drug-likeness (QED) is 0.684. The summed E-state index contributed by atoms with van der Waals surface area (Å²) in [5.41, 5.74) is 1.11. The molecule has 2 aromatic rings. The monoisotopic (exact) mass is 288 g/mol. The van der Waals surface area contributed by atoms with Crippen LogP contribution in [0.1, 0.15) is 15.9 Å². The van der Waals surface area contributed by atoms with Gasteiger partial charge in [0.2, 0.25) is 0 Å². The van der Waals surface area contributed by atoms with Gasteiger partial charge in [-0.3, -0.25) is 0 Å². The second-order valence-electron chi connectivity index (χ2n) is 3.96. The van der Waals surface area contributed by atoms with Crippen LogP contribution in [0.5, 0.6) is 0 Å². The fourth-order valence-electron chi connectivity index (χ4n) is 1.51. The number of hydrogen-bond donors (Lipinski definition) is 1. The van der Waals surface area contributed by atoms with Crippen molar-refractivity contribution in [1.82, 2.24) is 0 Å². The number of thioether (sulfide) groups is 1. The number of carbonyl (C=O) groups excluding carboxylic acids is 1. The topological polar surface area (TPSA) is 63.6 Å². The zero-order valence-corrected chi connectivity index (χ0v) is 11.3. The van der Waals surface area contributed by atoms with Crippen LogP contribution >= 0.6 is 11.8 Å². The first-order chi connectivity index (χ1) is 9.65. The second kappa shape index (κ2) is 6.77. The molecule has 20 heavy (non-hydrogen) atoms. The smallest absolute Gasteiger partial charge is 0.372 e. The van der Waals surface area contributed by atoms with Crippen molar-refractivity contribution in [3.8, 4) is 0 Å². The molecule has 0 spiro atoms. The van der Waals surface area contributed by atoms with Crippen molar-refractivity contribution in [3.63, 3.8) is 0 Å². The minimum atomic E-state index is -0.992. The molecule has 0 fully saturated rings. The van der Waals surface area contributed by atoms with Crippen molar-refractivity contribution < 1.29 is 19.4 Å². The van der Waals surface area contributed by atoms with Gasteiger partial charge in [-0.1, -0.05) is 30.3 Å². The molecule has 0 atom stereocenters. The predicted octanol–water partition coefficient (Wildman–Crippen LogP) is 3.81. The summed E-state index contributed by atoms with van der Waals surface area (Å²) in [6.07, 6.45) is 0. The van der Waals surface area contributed by atoms with Gasteiger partial charge in [-0.05, 0) is 41.6 Å². The van der Waals surface area contributed by atoms with E-state index in [0.717, 1.165) is 17.3 Å². The highest BCUT2D eigenvalue weighted by molar-refractivity contribution is 8.13. The van der Waals surface area contributed by atoms with Gasteiger partial charge in [-0.2, -0.15) is 0 Å². The molecule has 0 saturated heterocycles. The Morgan fingerprint density at radius 3 is 2.25 bits per heavy atom. The summed E-state index contributed by atoms with van der Waals surface area (Å²) in [5, 5.41) is 8.35. The standard InChI is InChI=1S/C15H12O4S/c16-14(17)12-6-8-13(9-7-12)20-15(18)19-10-11-4-2-1-3-5-11/h1-9H,10H2,(H,16,17). The molecule has 0 unspecified atom stereocenters. The SMILES string of the molecule is O=C(OCc1ccccc1)Sc1ccc(C(=O)O)cc1. The lowest BCUT2D eigenvalue weighted by atomic mass is 10.2. The van der Waals surface area contributed by atoms with Crippen molar-refractivity contribution in [2.24, 2.45) is 0 Å². The Balaban J connectivity index is 1.86. The summed E-state index contributed by atoms with van der Waals surface area (Å²) in [7, 11) is 0. The maximum atomic E-state index is 11.6. The molecule has 0 amide bonds. The Morgan fingerprint density at radius 2 is 1.65 bits per heavy atom. The number of carbonyl (C=O) groups is 2. The number of rotatable bonds is 4. The molecule has 2 aromatic carbocycles. The Hall–Kier alpha value is -2.27. The third-order valence-electron chi connectivity index (χ3n) is 2.50. The van der Waals surface area contributed by atoms with E-state index in [0.29, 0.717) is 4.90 Å². The normalized spacial score (nSPS) is 10.0. The van der Waals surface area contributed by atoms with E-state index in [1.165, 1.54) is 12.1 Å². The van der Waals surface area contributed by atoms with Gasteiger partial charge in [0.15, 0.2) is 0 Å². The van der Waals surface area contributed by atoms with Crippen LogP contribution in [0.2, 0.25) is 0 Å². The average molecular weight is 288 g/mol. The van der Waals surface area contributed by atoms with E-state index in [9.17, 15) is 9.59 Å². The first-order valence-corrected chi connectivity index (χ1v) is 6.69. The van der Waals surface area contributed by atoms with Crippen LogP contribution in [0.25, 0.3) is 0 Å². The highest BCUT2D eigenvalue weighted by Gasteiger charge is 2.08. The second-order valence-corrected chi connectivity index (χ2v) is 4.96. The van der Waals surface area contributed by atoms with E-state index in [1.54, 1.807) is 12.1 Å². The lowest BCUT2D eigenvalue weighted by molar-refractivity contribution is 0.0697. The third-order valence-corrected chi connectivity index (χ3v) is 3.29. The Labute approximate surface area is 120 Å². The fourth-order valence-corrected chi connectivity index (χ4v) is 2.09. The minimum absolute atomic E-state index is 0.187. The number of carboxylic acid groups (broad SMARTS) is 1. The molecule has 0 bridgehead atoms. The molecule has 0 heterocycles. The Kier molecular flexibility index (Phi) is 4.79. The Morgan fingerprint density at radius 1 is 1.00 bits per heavy atom. The van der Waals surface area contributed by atoms with Gasteiger partial charge < -0.3 is 9.84 Å². The van der Waals surface area contributed by atoms with Gasteiger partial charge in [0.1, 0.15) is 6.61 Å². The molecule has 5 heteroatoms. The summed E-state index contributed by atoms with van der Waals surface area (Å²) >= 11 is 0.929. The number of aromatic carboxylic acids is 1. The lowest BCUT2D eigenvalue weighted by Gasteiger charge is -2.04.